The van der Waals surface area contributed by atoms with Gasteiger partial charge >= 0.3 is 0 Å². The third-order valence-corrected chi connectivity index (χ3v) is 4.20. The molecule has 28 heavy (non-hydrogen) atoms. The fourth-order valence-corrected chi connectivity index (χ4v) is 2.85. The summed E-state index contributed by atoms with van der Waals surface area (Å²) in [6, 6.07) is 13.4. The third kappa shape index (κ3) is 4.35. The minimum atomic E-state index is -0.549. The van der Waals surface area contributed by atoms with E-state index < -0.39 is 11.9 Å². The van der Waals surface area contributed by atoms with Gasteiger partial charge in [-0.1, -0.05) is 24.3 Å². The van der Waals surface area contributed by atoms with Crippen LogP contribution in [-0.4, -0.2) is 28.6 Å². The highest BCUT2D eigenvalue weighted by Crippen LogP contribution is 2.20. The van der Waals surface area contributed by atoms with Gasteiger partial charge in [-0.2, -0.15) is 0 Å². The molecule has 0 bridgehead atoms. The fraction of sp³-hybridized carbons (Fsp3) is 0.200. The van der Waals surface area contributed by atoms with Crippen LogP contribution in [0.4, 0.5) is 0 Å². The predicted octanol–water partition coefficient (Wildman–Crippen LogP) is 1.74. The molecule has 0 spiro atoms. The van der Waals surface area contributed by atoms with Crippen LogP contribution in [0, 0.1) is 0 Å². The van der Waals surface area contributed by atoms with Crippen molar-refractivity contribution in [3.63, 3.8) is 0 Å². The summed E-state index contributed by atoms with van der Waals surface area (Å²) in [6.07, 6.45) is 1.22. The Hall–Kier alpha value is -3.68. The maximum Gasteiger partial charge on any atom is 0.280 e. The van der Waals surface area contributed by atoms with E-state index in [1.807, 2.05) is 0 Å². The van der Waals surface area contributed by atoms with Gasteiger partial charge in [0, 0.05) is 6.92 Å². The number of rotatable bonds is 6. The van der Waals surface area contributed by atoms with Gasteiger partial charge in [0.1, 0.15) is 12.1 Å². The maximum absolute atomic E-state index is 12.5. The van der Waals surface area contributed by atoms with Crippen molar-refractivity contribution in [1.29, 1.82) is 0 Å². The van der Waals surface area contributed by atoms with Gasteiger partial charge in [-0.3, -0.25) is 19.8 Å². The molecule has 0 fully saturated rings. The largest absolute Gasteiger partial charge is 0.497 e. The van der Waals surface area contributed by atoms with E-state index in [-0.39, 0.29) is 17.9 Å². The molecule has 0 saturated carbocycles. The Kier molecular flexibility index (Phi) is 5.69. The number of hydrogen-bond acceptors (Lipinski definition) is 5. The first-order valence-electron chi connectivity index (χ1n) is 8.65. The van der Waals surface area contributed by atoms with E-state index in [1.165, 1.54) is 13.3 Å². The lowest BCUT2D eigenvalue weighted by molar-refractivity contribution is -0.120. The van der Waals surface area contributed by atoms with Gasteiger partial charge in [-0.15, -0.1) is 0 Å². The fourth-order valence-electron chi connectivity index (χ4n) is 2.85. The number of benzene rings is 2. The topological polar surface area (TPSA) is 102 Å². The first-order chi connectivity index (χ1) is 13.5. The molecule has 0 aliphatic rings. The van der Waals surface area contributed by atoms with E-state index in [4.69, 9.17) is 4.74 Å². The number of fused-ring (bicyclic) bond motifs is 1. The van der Waals surface area contributed by atoms with Gasteiger partial charge in [0.25, 0.3) is 5.56 Å². The molecule has 1 aromatic heterocycles. The lowest BCUT2D eigenvalue weighted by atomic mass is 10.0. The highest BCUT2D eigenvalue weighted by atomic mass is 16.5. The Morgan fingerprint density at radius 2 is 1.86 bits per heavy atom. The molecule has 8 nitrogen and oxygen atoms in total. The van der Waals surface area contributed by atoms with Gasteiger partial charge in [0.15, 0.2) is 0 Å². The number of carbonyl (C=O) groups is 2. The summed E-state index contributed by atoms with van der Waals surface area (Å²) in [7, 11) is 1.56. The Morgan fingerprint density at radius 3 is 2.54 bits per heavy atom. The molecule has 2 aromatic carbocycles. The van der Waals surface area contributed by atoms with Gasteiger partial charge in [0.2, 0.25) is 11.8 Å². The minimum Gasteiger partial charge on any atom is -0.497 e. The maximum atomic E-state index is 12.5. The van der Waals surface area contributed by atoms with Crippen LogP contribution in [-0.2, 0) is 9.59 Å². The number of aromatic nitrogens is 2. The summed E-state index contributed by atoms with van der Waals surface area (Å²) in [5.74, 6) is -0.0320. The van der Waals surface area contributed by atoms with Crippen LogP contribution in [0.15, 0.2) is 59.7 Å². The molecule has 2 N–H and O–H groups in total. The van der Waals surface area contributed by atoms with Crippen LogP contribution < -0.4 is 21.0 Å². The van der Waals surface area contributed by atoms with Crippen LogP contribution in [0.1, 0.15) is 24.9 Å². The highest BCUT2D eigenvalue weighted by molar-refractivity contribution is 5.85. The number of nitrogens with one attached hydrogen (secondary N) is 2. The predicted molar refractivity (Wildman–Crippen MR) is 105 cm³/mol. The van der Waals surface area contributed by atoms with Gasteiger partial charge in [-0.25, -0.2) is 9.66 Å². The van der Waals surface area contributed by atoms with Crippen molar-refractivity contribution in [3.05, 3.63) is 70.8 Å². The zero-order valence-corrected chi connectivity index (χ0v) is 15.5. The van der Waals surface area contributed by atoms with Crippen LogP contribution in [0.3, 0.4) is 0 Å². The lowest BCUT2D eigenvalue weighted by Gasteiger charge is -2.18. The van der Waals surface area contributed by atoms with E-state index in [2.05, 4.69) is 15.7 Å². The number of methoxy groups -OCH3 is 1. The molecule has 1 atom stereocenters. The molecule has 2 amide bonds. The van der Waals surface area contributed by atoms with E-state index in [0.717, 1.165) is 10.2 Å². The Labute approximate surface area is 161 Å². The molecule has 8 heteroatoms. The van der Waals surface area contributed by atoms with Gasteiger partial charge < -0.3 is 10.1 Å². The minimum absolute atomic E-state index is 0.0504. The van der Waals surface area contributed by atoms with Crippen molar-refractivity contribution >= 4 is 22.7 Å². The van der Waals surface area contributed by atoms with Crippen molar-refractivity contribution in [2.75, 3.05) is 12.5 Å². The van der Waals surface area contributed by atoms with Crippen molar-refractivity contribution < 1.29 is 14.3 Å². The summed E-state index contributed by atoms with van der Waals surface area (Å²) in [6.45, 7) is 1.38. The first-order valence-corrected chi connectivity index (χ1v) is 8.65. The second kappa shape index (κ2) is 8.34. The number of hydrogen-bond donors (Lipinski definition) is 2. The molecule has 0 radical (unpaired) electrons. The quantitative estimate of drug-likeness (QED) is 0.678. The smallest absolute Gasteiger partial charge is 0.280 e. The molecule has 1 heterocycles. The zero-order chi connectivity index (χ0) is 20.1. The summed E-state index contributed by atoms with van der Waals surface area (Å²) < 4.78 is 6.17. The number of ether oxygens (including phenoxy) is 1. The van der Waals surface area contributed by atoms with Crippen LogP contribution in [0.25, 0.3) is 10.9 Å². The molecule has 0 aliphatic carbocycles. The second-order valence-electron chi connectivity index (χ2n) is 6.20. The second-order valence-corrected chi connectivity index (χ2v) is 6.20. The first kappa shape index (κ1) is 19.1. The molecule has 0 saturated heterocycles. The van der Waals surface area contributed by atoms with E-state index in [1.54, 1.807) is 55.6 Å². The summed E-state index contributed by atoms with van der Waals surface area (Å²) in [4.78, 5) is 40.7. The SMILES string of the molecule is COc1ccc([C@@H](CC(=O)Nn2cnc3ccccc3c2=O)NC(C)=O)cc1. The van der Waals surface area contributed by atoms with Crippen LogP contribution in [0.5, 0.6) is 5.75 Å². The molecular formula is C20H20N4O4. The molecular weight excluding hydrogens is 360 g/mol. The van der Waals surface area contributed by atoms with E-state index in [9.17, 15) is 14.4 Å². The number of carbonyl (C=O) groups excluding carboxylic acids is 2. The number of nitrogens with zero attached hydrogens (tertiary/aromatic N) is 2. The molecule has 0 unspecified atom stereocenters. The Bertz CT molecular complexity index is 1060. The summed E-state index contributed by atoms with van der Waals surface area (Å²) >= 11 is 0. The summed E-state index contributed by atoms with van der Waals surface area (Å²) in [5, 5.41) is 3.15. The molecule has 3 rings (SSSR count). The van der Waals surface area contributed by atoms with Crippen molar-refractivity contribution in [1.82, 2.24) is 15.0 Å². The van der Waals surface area contributed by atoms with E-state index >= 15 is 0 Å². The normalized spacial score (nSPS) is 11.6. The number of para-hydroxylation sites is 1. The van der Waals surface area contributed by atoms with Gasteiger partial charge in [0.05, 0.1) is 30.5 Å². The Balaban J connectivity index is 1.79. The summed E-state index contributed by atoms with van der Waals surface area (Å²) in [5.41, 5.74) is 3.44. The molecule has 0 aliphatic heterocycles. The van der Waals surface area contributed by atoms with Crippen molar-refractivity contribution in [2.24, 2.45) is 0 Å². The molecule has 3 aromatic rings. The lowest BCUT2D eigenvalue weighted by Crippen LogP contribution is -2.36. The average Bonchev–Trinajstić information content (AvgIpc) is 2.69. The zero-order valence-electron chi connectivity index (χ0n) is 15.5. The monoisotopic (exact) mass is 380 g/mol. The van der Waals surface area contributed by atoms with E-state index in [0.29, 0.717) is 16.7 Å². The van der Waals surface area contributed by atoms with Crippen molar-refractivity contribution in [3.8, 4) is 5.75 Å². The van der Waals surface area contributed by atoms with Crippen LogP contribution in [0.2, 0.25) is 0 Å². The van der Waals surface area contributed by atoms with Gasteiger partial charge in [-0.05, 0) is 29.8 Å². The Morgan fingerprint density at radius 1 is 1.14 bits per heavy atom. The molecule has 144 valence electrons. The van der Waals surface area contributed by atoms with Crippen molar-refractivity contribution in [2.45, 2.75) is 19.4 Å². The highest BCUT2D eigenvalue weighted by Gasteiger charge is 2.18. The standard InChI is InChI=1S/C20H20N4O4/c1-13(25)22-18(14-7-9-15(28-2)10-8-14)11-19(26)23-24-12-21-17-6-4-3-5-16(17)20(24)27/h3-10,12,18H,11H2,1-2H3,(H,22,25)(H,23,26)/t18-/m1/s1. The average molecular weight is 380 g/mol. The van der Waals surface area contributed by atoms with Crippen LogP contribution >= 0.6 is 0 Å². The number of amides is 2. The third-order valence-electron chi connectivity index (χ3n) is 4.20.